The van der Waals surface area contributed by atoms with Crippen molar-refractivity contribution in [1.82, 2.24) is 10.2 Å². The molecule has 25 heavy (non-hydrogen) atoms. The van der Waals surface area contributed by atoms with Crippen molar-refractivity contribution in [3.63, 3.8) is 0 Å². The van der Waals surface area contributed by atoms with E-state index in [1.54, 1.807) is 0 Å². The number of ether oxygens (including phenoxy) is 2. The lowest BCUT2D eigenvalue weighted by molar-refractivity contribution is -0.187. The maximum Gasteiger partial charge on any atom is 0.394 e. The van der Waals surface area contributed by atoms with Gasteiger partial charge in [-0.2, -0.15) is 13.2 Å². The molecule has 7 nitrogen and oxygen atoms in total. The van der Waals surface area contributed by atoms with Crippen LogP contribution in [0.3, 0.4) is 0 Å². The largest absolute Gasteiger partial charge is 0.481 e. The second-order valence-corrected chi connectivity index (χ2v) is 6.85. The highest BCUT2D eigenvalue weighted by molar-refractivity contribution is 5.77. The number of alkyl halides is 3. The van der Waals surface area contributed by atoms with Crippen molar-refractivity contribution in [2.24, 2.45) is 11.8 Å². The fraction of sp³-hybridized carbons (Fsp3) is 0.867. The Hall–Kier alpha value is -1.55. The summed E-state index contributed by atoms with van der Waals surface area (Å²) >= 11 is 0. The van der Waals surface area contributed by atoms with E-state index in [4.69, 9.17) is 14.6 Å². The van der Waals surface area contributed by atoms with E-state index in [0.717, 1.165) is 30.6 Å². The summed E-state index contributed by atoms with van der Waals surface area (Å²) in [4.78, 5) is 24.1. The van der Waals surface area contributed by atoms with Crippen LogP contribution in [0.15, 0.2) is 0 Å². The van der Waals surface area contributed by atoms with Crippen LogP contribution in [0.4, 0.5) is 18.0 Å². The maximum absolute atomic E-state index is 13.0. The van der Waals surface area contributed by atoms with E-state index in [-0.39, 0.29) is 12.6 Å². The van der Waals surface area contributed by atoms with E-state index < -0.39 is 48.9 Å². The van der Waals surface area contributed by atoms with Crippen molar-refractivity contribution in [3.8, 4) is 0 Å². The quantitative estimate of drug-likeness (QED) is 0.792. The van der Waals surface area contributed by atoms with Crippen molar-refractivity contribution < 1.29 is 37.3 Å². The van der Waals surface area contributed by atoms with Crippen LogP contribution in [0, 0.1) is 11.8 Å². The van der Waals surface area contributed by atoms with Crippen molar-refractivity contribution in [3.05, 3.63) is 0 Å². The molecule has 1 aliphatic carbocycles. The molecule has 3 fully saturated rings. The van der Waals surface area contributed by atoms with Crippen molar-refractivity contribution in [2.75, 3.05) is 26.2 Å². The number of rotatable bonds is 3. The van der Waals surface area contributed by atoms with Gasteiger partial charge in [0.1, 0.15) is 6.10 Å². The molecule has 0 aromatic carbocycles. The number of carboxylic acid groups (broad SMARTS) is 1. The third-order valence-electron chi connectivity index (χ3n) is 5.10. The molecule has 142 valence electrons. The molecule has 2 N–H and O–H groups in total. The molecule has 1 unspecified atom stereocenters. The lowest BCUT2D eigenvalue weighted by Crippen LogP contribution is -2.43. The Bertz CT molecular complexity index is 536. The smallest absolute Gasteiger partial charge is 0.394 e. The normalized spacial score (nSPS) is 31.6. The zero-order valence-corrected chi connectivity index (χ0v) is 13.6. The van der Waals surface area contributed by atoms with Crippen LogP contribution in [0.25, 0.3) is 0 Å². The Labute approximate surface area is 142 Å². The van der Waals surface area contributed by atoms with Crippen LogP contribution < -0.4 is 5.32 Å². The van der Waals surface area contributed by atoms with Gasteiger partial charge in [-0.1, -0.05) is 0 Å². The molecule has 0 aromatic rings. The predicted octanol–water partition coefficient (Wildman–Crippen LogP) is 1.58. The first-order valence-corrected chi connectivity index (χ1v) is 8.34. The van der Waals surface area contributed by atoms with Crippen LogP contribution in [-0.4, -0.2) is 66.3 Å². The number of carbonyl (C=O) groups excluding carboxylic acids is 1. The molecule has 3 rings (SSSR count). The molecule has 0 bridgehead atoms. The minimum absolute atomic E-state index is 0.117. The first-order valence-electron chi connectivity index (χ1n) is 8.34. The highest BCUT2D eigenvalue weighted by Crippen LogP contribution is 2.39. The third-order valence-corrected chi connectivity index (χ3v) is 5.10. The number of hydrogen-bond acceptors (Lipinski definition) is 4. The number of urea groups is 1. The second-order valence-electron chi connectivity index (χ2n) is 6.85. The Balaban J connectivity index is 1.51. The van der Waals surface area contributed by atoms with Crippen molar-refractivity contribution in [2.45, 2.75) is 43.8 Å². The van der Waals surface area contributed by atoms with Crippen LogP contribution in [0.5, 0.6) is 0 Å². The average molecular weight is 366 g/mol. The third kappa shape index (κ3) is 3.84. The molecule has 10 heteroatoms. The lowest BCUT2D eigenvalue weighted by atomic mass is 9.96. The molecule has 1 saturated carbocycles. The molecule has 3 aliphatic rings. The van der Waals surface area contributed by atoms with Crippen LogP contribution in [-0.2, 0) is 14.3 Å². The maximum atomic E-state index is 13.0. The number of nitrogens with one attached hydrogen (secondary N) is 1. The van der Waals surface area contributed by atoms with Gasteiger partial charge >= 0.3 is 18.2 Å². The van der Waals surface area contributed by atoms with Gasteiger partial charge in [-0.25, -0.2) is 4.79 Å². The highest BCUT2D eigenvalue weighted by Gasteiger charge is 2.53. The monoisotopic (exact) mass is 366 g/mol. The van der Waals surface area contributed by atoms with Gasteiger partial charge < -0.3 is 24.8 Å². The second kappa shape index (κ2) is 6.64. The van der Waals surface area contributed by atoms with E-state index in [9.17, 15) is 22.8 Å². The molecule has 2 heterocycles. The summed E-state index contributed by atoms with van der Waals surface area (Å²) in [6, 6.07) is -0.714. The van der Waals surface area contributed by atoms with Crippen molar-refractivity contribution in [1.29, 1.82) is 0 Å². The standard InChI is InChI=1S/C15H21F3N2O5/c16-15(17,18)11-7-20(6-10(11)12(21)22)13(23)19-5-9-8-24-14(25-9)3-1-2-4-14/h9-11H,1-8H2,(H,19,23)(H,21,22)/t9?,10-,11-/m1/s1. The summed E-state index contributed by atoms with van der Waals surface area (Å²) in [5.74, 6) is -5.81. The van der Waals surface area contributed by atoms with E-state index >= 15 is 0 Å². The van der Waals surface area contributed by atoms with Crippen molar-refractivity contribution >= 4 is 12.0 Å². The number of carboxylic acids is 1. The number of halogens is 3. The fourth-order valence-electron chi connectivity index (χ4n) is 3.76. The minimum Gasteiger partial charge on any atom is -0.481 e. The molecular formula is C15H21F3N2O5. The summed E-state index contributed by atoms with van der Waals surface area (Å²) in [7, 11) is 0. The van der Waals surface area contributed by atoms with E-state index in [1.807, 2.05) is 0 Å². The number of nitrogens with zero attached hydrogens (tertiary/aromatic N) is 1. The Morgan fingerprint density at radius 2 is 1.92 bits per heavy atom. The first kappa shape index (κ1) is 18.2. The molecule has 2 aliphatic heterocycles. The van der Waals surface area contributed by atoms with Gasteiger partial charge in [-0.3, -0.25) is 4.79 Å². The number of likely N-dealkylation sites (tertiary alicyclic amines) is 1. The van der Waals surface area contributed by atoms with Gasteiger partial charge in [-0.15, -0.1) is 0 Å². The minimum atomic E-state index is -4.66. The van der Waals surface area contributed by atoms with Crippen LogP contribution in [0.1, 0.15) is 25.7 Å². The van der Waals surface area contributed by atoms with Gasteiger partial charge in [-0.05, 0) is 12.8 Å². The average Bonchev–Trinajstić information content (AvgIpc) is 3.24. The number of hydrogen-bond donors (Lipinski definition) is 2. The van der Waals surface area contributed by atoms with Gasteiger partial charge in [0.2, 0.25) is 0 Å². The molecule has 3 atom stereocenters. The zero-order chi connectivity index (χ0) is 18.2. The Kier molecular flexibility index (Phi) is 4.84. The Morgan fingerprint density at radius 3 is 2.48 bits per heavy atom. The summed E-state index contributed by atoms with van der Waals surface area (Å²) in [5.41, 5.74) is 0. The SMILES string of the molecule is O=C(O)[C@@H]1CN(C(=O)NCC2COC3(CCCC3)O2)C[C@H]1C(F)(F)F. The highest BCUT2D eigenvalue weighted by atomic mass is 19.4. The summed E-state index contributed by atoms with van der Waals surface area (Å²) in [6.07, 6.45) is -1.37. The number of amides is 2. The number of carbonyl (C=O) groups is 2. The first-order chi connectivity index (χ1) is 11.7. The molecular weight excluding hydrogens is 345 g/mol. The summed E-state index contributed by atoms with van der Waals surface area (Å²) < 4.78 is 50.3. The van der Waals surface area contributed by atoms with Gasteiger partial charge in [0.05, 0.1) is 18.4 Å². The molecule has 2 saturated heterocycles. The summed E-state index contributed by atoms with van der Waals surface area (Å²) in [6.45, 7) is -0.676. The van der Waals surface area contributed by atoms with E-state index in [1.165, 1.54) is 0 Å². The van der Waals surface area contributed by atoms with E-state index in [2.05, 4.69) is 5.32 Å². The molecule has 1 spiro atoms. The van der Waals surface area contributed by atoms with Crippen LogP contribution >= 0.6 is 0 Å². The lowest BCUT2D eigenvalue weighted by Gasteiger charge is -2.22. The van der Waals surface area contributed by atoms with Gasteiger partial charge in [0.15, 0.2) is 5.79 Å². The topological polar surface area (TPSA) is 88.1 Å². The summed E-state index contributed by atoms with van der Waals surface area (Å²) in [5, 5.41) is 11.5. The van der Waals surface area contributed by atoms with Crippen LogP contribution in [0.2, 0.25) is 0 Å². The fourth-order valence-corrected chi connectivity index (χ4v) is 3.76. The predicted molar refractivity (Wildman–Crippen MR) is 77.7 cm³/mol. The van der Waals surface area contributed by atoms with Gasteiger partial charge in [0, 0.05) is 32.5 Å². The van der Waals surface area contributed by atoms with E-state index in [0.29, 0.717) is 6.61 Å². The number of aliphatic carboxylic acids is 1. The zero-order valence-electron chi connectivity index (χ0n) is 13.6. The molecule has 0 aromatic heterocycles. The molecule has 2 amide bonds. The Morgan fingerprint density at radius 1 is 1.24 bits per heavy atom. The molecule has 0 radical (unpaired) electrons. The van der Waals surface area contributed by atoms with Gasteiger partial charge in [0.25, 0.3) is 0 Å².